The summed E-state index contributed by atoms with van der Waals surface area (Å²) in [5.74, 6) is 1.08. The summed E-state index contributed by atoms with van der Waals surface area (Å²) < 4.78 is 0. The highest BCUT2D eigenvalue weighted by Gasteiger charge is 2.28. The van der Waals surface area contributed by atoms with Crippen LogP contribution in [0.4, 0.5) is 0 Å². The first-order chi connectivity index (χ1) is 4.86. The van der Waals surface area contributed by atoms with Crippen LogP contribution in [0.5, 0.6) is 0 Å². The van der Waals surface area contributed by atoms with Crippen LogP contribution in [0.1, 0.15) is 32.6 Å². The van der Waals surface area contributed by atoms with E-state index in [-0.39, 0.29) is 0 Å². The first-order valence-electron chi connectivity index (χ1n) is 4.60. The maximum Gasteiger partial charge on any atom is 0.00675 e. The molecule has 58 valence electrons. The van der Waals surface area contributed by atoms with Crippen molar-refractivity contribution < 1.29 is 0 Å². The molecular formula is C9H17N. The highest BCUT2D eigenvalue weighted by atomic mass is 15.2. The van der Waals surface area contributed by atoms with Crippen molar-refractivity contribution >= 4 is 0 Å². The maximum atomic E-state index is 2.66. The zero-order valence-electron chi connectivity index (χ0n) is 6.84. The molecule has 1 heterocycles. The second-order valence-electron chi connectivity index (χ2n) is 3.93. The van der Waals surface area contributed by atoms with Gasteiger partial charge in [0, 0.05) is 12.6 Å². The topological polar surface area (TPSA) is 3.24 Å². The average Bonchev–Trinajstić information content (AvgIpc) is 2.62. The van der Waals surface area contributed by atoms with Gasteiger partial charge in [0.15, 0.2) is 0 Å². The Hall–Kier alpha value is -0.0400. The van der Waals surface area contributed by atoms with Crippen molar-refractivity contribution in [1.82, 2.24) is 4.90 Å². The molecule has 1 atom stereocenters. The quantitative estimate of drug-likeness (QED) is 0.564. The van der Waals surface area contributed by atoms with Crippen molar-refractivity contribution in [2.24, 2.45) is 5.92 Å². The summed E-state index contributed by atoms with van der Waals surface area (Å²) in [6.07, 6.45) is 5.88. The van der Waals surface area contributed by atoms with Gasteiger partial charge in [0.1, 0.15) is 0 Å². The summed E-state index contributed by atoms with van der Waals surface area (Å²) in [6, 6.07) is 0.889. The molecule has 1 aliphatic heterocycles. The molecule has 2 rings (SSSR count). The summed E-state index contributed by atoms with van der Waals surface area (Å²) in [6.45, 7) is 5.15. The number of hydrogen-bond donors (Lipinski definition) is 0. The van der Waals surface area contributed by atoms with Gasteiger partial charge in [-0.05, 0) is 45.1 Å². The minimum atomic E-state index is 0.889. The molecule has 2 aliphatic rings. The van der Waals surface area contributed by atoms with Gasteiger partial charge in [0.05, 0.1) is 0 Å². The second kappa shape index (κ2) is 2.54. The fraction of sp³-hybridized carbons (Fsp3) is 1.00. The molecule has 2 fully saturated rings. The second-order valence-corrected chi connectivity index (χ2v) is 3.93. The lowest BCUT2D eigenvalue weighted by Gasteiger charge is -2.20. The number of hydrogen-bond acceptors (Lipinski definition) is 1. The molecule has 1 nitrogen and oxygen atoms in total. The highest BCUT2D eigenvalue weighted by molar-refractivity contribution is 4.82. The van der Waals surface area contributed by atoms with E-state index in [0.717, 1.165) is 12.0 Å². The molecular weight excluding hydrogens is 122 g/mol. The molecule has 0 aromatic rings. The van der Waals surface area contributed by atoms with Gasteiger partial charge in [-0.2, -0.15) is 0 Å². The highest BCUT2D eigenvalue weighted by Crippen LogP contribution is 2.31. The van der Waals surface area contributed by atoms with Crippen molar-refractivity contribution in [2.75, 3.05) is 13.1 Å². The van der Waals surface area contributed by atoms with Gasteiger partial charge in [-0.3, -0.25) is 0 Å². The van der Waals surface area contributed by atoms with Crippen LogP contribution in [-0.2, 0) is 0 Å². The van der Waals surface area contributed by atoms with Crippen LogP contribution < -0.4 is 0 Å². The number of likely N-dealkylation sites (tertiary alicyclic amines) is 1. The molecule has 1 aliphatic carbocycles. The molecule has 0 N–H and O–H groups in total. The smallest absolute Gasteiger partial charge is 0.00675 e. The van der Waals surface area contributed by atoms with E-state index in [1.807, 2.05) is 0 Å². The summed E-state index contributed by atoms with van der Waals surface area (Å²) in [5.41, 5.74) is 0. The van der Waals surface area contributed by atoms with E-state index in [9.17, 15) is 0 Å². The van der Waals surface area contributed by atoms with Crippen LogP contribution in [0.25, 0.3) is 0 Å². The molecule has 0 amide bonds. The van der Waals surface area contributed by atoms with E-state index in [4.69, 9.17) is 0 Å². The van der Waals surface area contributed by atoms with E-state index in [2.05, 4.69) is 11.8 Å². The minimum absolute atomic E-state index is 0.889. The first kappa shape index (κ1) is 6.66. The number of nitrogens with zero attached hydrogens (tertiary/aromatic N) is 1. The molecule has 0 radical (unpaired) electrons. The molecule has 0 aromatic heterocycles. The van der Waals surface area contributed by atoms with E-state index < -0.39 is 0 Å². The predicted octanol–water partition coefficient (Wildman–Crippen LogP) is 1.88. The Morgan fingerprint density at radius 3 is 2.60 bits per heavy atom. The molecule has 0 bridgehead atoms. The first-order valence-corrected chi connectivity index (χ1v) is 4.60. The summed E-state index contributed by atoms with van der Waals surface area (Å²) in [5, 5.41) is 0. The summed E-state index contributed by atoms with van der Waals surface area (Å²) >= 11 is 0. The Bertz CT molecular complexity index is 118. The Morgan fingerprint density at radius 2 is 2.10 bits per heavy atom. The van der Waals surface area contributed by atoms with Crippen LogP contribution in [0.2, 0.25) is 0 Å². The molecule has 1 saturated heterocycles. The van der Waals surface area contributed by atoms with Crippen molar-refractivity contribution in [2.45, 2.75) is 38.6 Å². The van der Waals surface area contributed by atoms with Gasteiger partial charge < -0.3 is 4.90 Å². The Kier molecular flexibility index (Phi) is 1.69. The maximum absolute atomic E-state index is 2.66. The van der Waals surface area contributed by atoms with E-state index >= 15 is 0 Å². The van der Waals surface area contributed by atoms with Crippen molar-refractivity contribution in [3.63, 3.8) is 0 Å². The summed E-state index contributed by atoms with van der Waals surface area (Å²) in [4.78, 5) is 2.66. The SMILES string of the molecule is C[C@H]1CCCN1CC1CC1. The molecule has 10 heavy (non-hydrogen) atoms. The van der Waals surface area contributed by atoms with Gasteiger partial charge in [-0.1, -0.05) is 0 Å². The van der Waals surface area contributed by atoms with Crippen LogP contribution in [0, 0.1) is 5.92 Å². The third-order valence-electron chi connectivity index (χ3n) is 2.88. The van der Waals surface area contributed by atoms with Gasteiger partial charge in [0.25, 0.3) is 0 Å². The van der Waals surface area contributed by atoms with E-state index in [0.29, 0.717) is 0 Å². The largest absolute Gasteiger partial charge is 0.300 e. The van der Waals surface area contributed by atoms with Gasteiger partial charge in [-0.25, -0.2) is 0 Å². The van der Waals surface area contributed by atoms with Crippen LogP contribution >= 0.6 is 0 Å². The third kappa shape index (κ3) is 1.34. The zero-order valence-corrected chi connectivity index (χ0v) is 6.84. The predicted molar refractivity (Wildman–Crippen MR) is 43.0 cm³/mol. The lowest BCUT2D eigenvalue weighted by atomic mass is 10.2. The Morgan fingerprint density at radius 1 is 1.30 bits per heavy atom. The fourth-order valence-corrected chi connectivity index (χ4v) is 1.90. The third-order valence-corrected chi connectivity index (χ3v) is 2.88. The Labute approximate surface area is 63.4 Å². The van der Waals surface area contributed by atoms with E-state index in [1.165, 1.54) is 38.8 Å². The van der Waals surface area contributed by atoms with Crippen LogP contribution in [0.3, 0.4) is 0 Å². The standard InChI is InChI=1S/C9H17N/c1-8-3-2-6-10(8)7-9-4-5-9/h8-9H,2-7H2,1H3/t8-/m0/s1. The van der Waals surface area contributed by atoms with Crippen LogP contribution in [0.15, 0.2) is 0 Å². The minimum Gasteiger partial charge on any atom is -0.300 e. The normalized spacial score (nSPS) is 35.1. The van der Waals surface area contributed by atoms with Gasteiger partial charge >= 0.3 is 0 Å². The molecule has 1 saturated carbocycles. The molecule has 0 aromatic carbocycles. The number of rotatable bonds is 2. The Balaban J connectivity index is 1.79. The fourth-order valence-electron chi connectivity index (χ4n) is 1.90. The lowest BCUT2D eigenvalue weighted by molar-refractivity contribution is 0.258. The van der Waals surface area contributed by atoms with Crippen LogP contribution in [-0.4, -0.2) is 24.0 Å². The summed E-state index contributed by atoms with van der Waals surface area (Å²) in [7, 11) is 0. The molecule has 1 heteroatoms. The monoisotopic (exact) mass is 139 g/mol. The lowest BCUT2D eigenvalue weighted by Crippen LogP contribution is -2.28. The zero-order chi connectivity index (χ0) is 6.97. The van der Waals surface area contributed by atoms with Gasteiger partial charge in [-0.15, -0.1) is 0 Å². The van der Waals surface area contributed by atoms with Crippen molar-refractivity contribution in [3.8, 4) is 0 Å². The van der Waals surface area contributed by atoms with Crippen molar-refractivity contribution in [3.05, 3.63) is 0 Å². The van der Waals surface area contributed by atoms with E-state index in [1.54, 1.807) is 0 Å². The van der Waals surface area contributed by atoms with Gasteiger partial charge in [0.2, 0.25) is 0 Å². The molecule has 0 spiro atoms. The van der Waals surface area contributed by atoms with Crippen molar-refractivity contribution in [1.29, 1.82) is 0 Å². The average molecular weight is 139 g/mol. The molecule has 0 unspecified atom stereocenters.